The molecule has 3 aromatic rings. The van der Waals surface area contributed by atoms with E-state index in [0.29, 0.717) is 5.92 Å². The average Bonchev–Trinajstić information content (AvgIpc) is 3.24. The number of allylic oxidation sites excluding steroid dienone is 1. The number of aromatic nitrogens is 1. The Morgan fingerprint density at radius 3 is 2.83 bits per heavy atom. The van der Waals surface area contributed by atoms with Gasteiger partial charge in [-0.3, -0.25) is 0 Å². The number of pyridine rings is 1. The van der Waals surface area contributed by atoms with Gasteiger partial charge < -0.3 is 4.40 Å². The topological polar surface area (TPSA) is 7.42 Å². The van der Waals surface area contributed by atoms with Gasteiger partial charge in [0.15, 0.2) is 11.9 Å². The summed E-state index contributed by atoms with van der Waals surface area (Å²) in [5, 5.41) is 0. The third-order valence-electron chi connectivity index (χ3n) is 5.59. The van der Waals surface area contributed by atoms with Crippen LogP contribution < -0.4 is 0 Å². The fourth-order valence-electron chi connectivity index (χ4n) is 4.42. The number of rotatable bonds is 1. The van der Waals surface area contributed by atoms with Gasteiger partial charge in [0.2, 0.25) is 0 Å². The Labute approximate surface area is 142 Å². The lowest BCUT2D eigenvalue weighted by Crippen LogP contribution is -2.19. The number of hydrogen-bond acceptors (Lipinski definition) is 0. The van der Waals surface area contributed by atoms with E-state index in [1.54, 1.807) is 0 Å². The summed E-state index contributed by atoms with van der Waals surface area (Å²) in [7, 11) is 2.17. The van der Waals surface area contributed by atoms with E-state index in [2.05, 4.69) is 84.9 Å². The van der Waals surface area contributed by atoms with Gasteiger partial charge in [0, 0.05) is 29.0 Å². The van der Waals surface area contributed by atoms with Gasteiger partial charge in [0.25, 0.3) is 0 Å². The zero-order valence-electron chi connectivity index (χ0n) is 14.4. The largest absolute Gasteiger partial charge is 0.323 e. The van der Waals surface area contributed by atoms with Crippen molar-refractivity contribution in [1.82, 2.24) is 4.40 Å². The Bertz CT molecular complexity index is 1060. The first kappa shape index (κ1) is 13.8. The Morgan fingerprint density at radius 1 is 1.17 bits per heavy atom. The highest BCUT2D eigenvalue weighted by Crippen LogP contribution is 2.41. The van der Waals surface area contributed by atoms with E-state index >= 15 is 0 Å². The van der Waals surface area contributed by atoms with Crippen molar-refractivity contribution in [2.24, 2.45) is 5.92 Å². The van der Waals surface area contributed by atoms with Gasteiger partial charge in [-0.2, -0.15) is 0 Å². The summed E-state index contributed by atoms with van der Waals surface area (Å²) in [6.07, 6.45) is 9.95. The third kappa shape index (κ3) is 1.74. The molecule has 1 unspecified atom stereocenters. The van der Waals surface area contributed by atoms with Crippen LogP contribution in [0.2, 0.25) is 0 Å². The second-order valence-electron chi connectivity index (χ2n) is 7.14. The maximum Gasteiger partial charge on any atom is 0.195 e. The second kappa shape index (κ2) is 4.70. The van der Waals surface area contributed by atoms with Gasteiger partial charge in [-0.05, 0) is 66.8 Å². The maximum atomic E-state index is 2.35. The molecule has 2 heteroatoms. The quantitative estimate of drug-likeness (QED) is 0.460. The predicted molar refractivity (Wildman–Crippen MR) is 99.0 cm³/mol. The number of hydrogen-bond donors (Lipinski definition) is 0. The molecule has 24 heavy (non-hydrogen) atoms. The lowest BCUT2D eigenvalue weighted by Gasteiger charge is -2.13. The summed E-state index contributed by atoms with van der Waals surface area (Å²) in [4.78, 5) is 0. The molecule has 2 nitrogen and oxygen atoms in total. The molecule has 1 aliphatic heterocycles. The lowest BCUT2D eigenvalue weighted by molar-refractivity contribution is -0.419. The van der Waals surface area contributed by atoms with Crippen LogP contribution in [0.15, 0.2) is 55.0 Å². The van der Waals surface area contributed by atoms with E-state index in [1.165, 1.54) is 44.6 Å². The van der Waals surface area contributed by atoms with E-state index < -0.39 is 0 Å². The molecule has 5 rings (SSSR count). The molecular weight excluding hydrogens is 292 g/mol. The highest BCUT2D eigenvalue weighted by molar-refractivity contribution is 6.05. The molecule has 0 saturated carbocycles. The van der Waals surface area contributed by atoms with Crippen LogP contribution in [-0.2, 0) is 6.42 Å². The lowest BCUT2D eigenvalue weighted by atomic mass is 9.89. The number of nitrogens with zero attached hydrogens (tertiary/aromatic N) is 2. The van der Waals surface area contributed by atoms with Crippen LogP contribution in [0, 0.1) is 12.8 Å². The molecule has 0 bridgehead atoms. The van der Waals surface area contributed by atoms with Crippen LogP contribution >= 0.6 is 0 Å². The molecule has 0 radical (unpaired) electrons. The van der Waals surface area contributed by atoms with Crippen LogP contribution in [0.5, 0.6) is 0 Å². The molecule has 2 aromatic heterocycles. The van der Waals surface area contributed by atoms with Gasteiger partial charge >= 0.3 is 0 Å². The van der Waals surface area contributed by atoms with Gasteiger partial charge in [-0.1, -0.05) is 12.1 Å². The van der Waals surface area contributed by atoms with Crippen LogP contribution in [0.3, 0.4) is 0 Å². The molecule has 0 amide bonds. The third-order valence-corrected chi connectivity index (χ3v) is 5.59. The number of fused-ring (bicyclic) bond motifs is 4. The molecule has 0 fully saturated rings. The summed E-state index contributed by atoms with van der Waals surface area (Å²) < 4.78 is 4.52. The second-order valence-corrected chi connectivity index (χ2v) is 7.14. The molecule has 2 aliphatic rings. The Kier molecular flexibility index (Phi) is 2.70. The van der Waals surface area contributed by atoms with Crippen LogP contribution in [0.4, 0.5) is 0 Å². The number of aryl methyl sites for hydroxylation is 1. The minimum atomic E-state index is 0.472. The highest BCUT2D eigenvalue weighted by atomic mass is 15.0. The zero-order chi connectivity index (χ0) is 16.4. The fraction of sp³-hybridized carbons (Fsp3) is 0.227. The predicted octanol–water partition coefficient (Wildman–Crippen LogP) is 4.41. The van der Waals surface area contributed by atoms with E-state index in [1.807, 2.05) is 0 Å². The van der Waals surface area contributed by atoms with Crippen LogP contribution in [-0.4, -0.2) is 21.7 Å². The maximum absolute atomic E-state index is 2.35. The van der Waals surface area contributed by atoms with Crippen LogP contribution in [0.1, 0.15) is 29.2 Å². The van der Waals surface area contributed by atoms with Crippen molar-refractivity contribution in [3.8, 4) is 11.1 Å². The molecule has 1 atom stereocenters. The molecular formula is C22H21N2+. The van der Waals surface area contributed by atoms with Crippen molar-refractivity contribution in [3.05, 3.63) is 77.3 Å². The molecule has 1 aromatic carbocycles. The summed E-state index contributed by atoms with van der Waals surface area (Å²) in [5.41, 5.74) is 11.3. The van der Waals surface area contributed by atoms with Crippen molar-refractivity contribution < 1.29 is 4.58 Å². The van der Waals surface area contributed by atoms with Crippen molar-refractivity contribution >= 4 is 11.2 Å². The standard InChI is InChI=1S/C22H21N2/c1-14-6-7-18-19(21(14)22-15(2)8-10-23(22)3)12-16-11-17-5-4-9-24(17)13-20(16)18/h4-11,13,15H,12H2,1-3H3/q+1. The minimum Gasteiger partial charge on any atom is -0.323 e. The van der Waals surface area contributed by atoms with Crippen molar-refractivity contribution in [2.75, 3.05) is 7.05 Å². The van der Waals surface area contributed by atoms with Gasteiger partial charge in [0.05, 0.1) is 5.92 Å². The highest BCUT2D eigenvalue weighted by Gasteiger charge is 2.32. The van der Waals surface area contributed by atoms with Gasteiger partial charge in [-0.25, -0.2) is 4.58 Å². The zero-order valence-corrected chi connectivity index (χ0v) is 14.4. The molecule has 1 aliphatic carbocycles. The molecule has 0 N–H and O–H groups in total. The van der Waals surface area contributed by atoms with Crippen molar-refractivity contribution in [1.29, 1.82) is 0 Å². The normalized spacial score (nSPS) is 18.5. The SMILES string of the molecule is Cc1ccc2c(c1C1=[N+](C)C=CC1C)Cc1cc3cccn3cc1-2. The van der Waals surface area contributed by atoms with E-state index in [9.17, 15) is 0 Å². The number of benzene rings is 1. The Hall–Kier alpha value is -2.61. The van der Waals surface area contributed by atoms with Crippen LogP contribution in [0.25, 0.3) is 16.6 Å². The molecule has 0 saturated heterocycles. The summed E-state index contributed by atoms with van der Waals surface area (Å²) in [6.45, 7) is 4.54. The molecule has 118 valence electrons. The monoisotopic (exact) mass is 313 g/mol. The van der Waals surface area contributed by atoms with Crippen molar-refractivity contribution in [3.63, 3.8) is 0 Å². The first-order valence-electron chi connectivity index (χ1n) is 8.64. The Morgan fingerprint density at radius 2 is 2.04 bits per heavy atom. The van der Waals surface area contributed by atoms with Crippen molar-refractivity contribution in [2.45, 2.75) is 20.3 Å². The molecule has 0 spiro atoms. The first-order chi connectivity index (χ1) is 11.6. The fourth-order valence-corrected chi connectivity index (χ4v) is 4.42. The molecule has 3 heterocycles. The summed E-state index contributed by atoms with van der Waals surface area (Å²) >= 11 is 0. The van der Waals surface area contributed by atoms with E-state index in [0.717, 1.165) is 6.42 Å². The van der Waals surface area contributed by atoms with Gasteiger partial charge in [0.1, 0.15) is 7.05 Å². The Balaban J connectivity index is 1.77. The average molecular weight is 313 g/mol. The smallest absolute Gasteiger partial charge is 0.195 e. The van der Waals surface area contributed by atoms with E-state index in [4.69, 9.17) is 0 Å². The van der Waals surface area contributed by atoms with E-state index in [-0.39, 0.29) is 0 Å². The summed E-state index contributed by atoms with van der Waals surface area (Å²) in [5.74, 6) is 0.472. The van der Waals surface area contributed by atoms with Gasteiger partial charge in [-0.15, -0.1) is 0 Å². The first-order valence-corrected chi connectivity index (χ1v) is 8.64. The minimum absolute atomic E-state index is 0.472. The summed E-state index contributed by atoms with van der Waals surface area (Å²) in [6, 6.07) is 11.2.